The van der Waals surface area contributed by atoms with Crippen molar-refractivity contribution in [2.75, 3.05) is 0 Å². The number of aromatic carboxylic acids is 2. The van der Waals surface area contributed by atoms with Crippen LogP contribution in [-0.4, -0.2) is 41.4 Å². The minimum atomic E-state index is -3.83. The number of benzene rings is 2. The summed E-state index contributed by atoms with van der Waals surface area (Å²) < 4.78 is 26.4. The zero-order valence-corrected chi connectivity index (χ0v) is 18.3. The van der Waals surface area contributed by atoms with E-state index in [4.69, 9.17) is 0 Å². The molecule has 0 unspecified atom stereocenters. The second kappa shape index (κ2) is 8.67. The molecule has 166 valence electrons. The predicted octanol–water partition coefficient (Wildman–Crippen LogP) is 3.11. The van der Waals surface area contributed by atoms with Crippen LogP contribution in [-0.2, 0) is 10.0 Å². The number of aromatic nitrogens is 1. The van der Waals surface area contributed by atoms with Gasteiger partial charge in [-0.1, -0.05) is 17.7 Å². The van der Waals surface area contributed by atoms with Crippen molar-refractivity contribution in [2.24, 2.45) is 5.10 Å². The third-order valence-electron chi connectivity index (χ3n) is 4.85. The number of nitrogens with zero attached hydrogens (tertiary/aromatic N) is 2. The molecule has 0 amide bonds. The molecule has 0 aliphatic carbocycles. The first-order chi connectivity index (χ1) is 15.0. The highest BCUT2D eigenvalue weighted by Gasteiger charge is 2.16. The first-order valence-corrected chi connectivity index (χ1v) is 10.9. The van der Waals surface area contributed by atoms with Crippen molar-refractivity contribution in [2.45, 2.75) is 25.7 Å². The summed E-state index contributed by atoms with van der Waals surface area (Å²) in [4.78, 5) is 25.1. The molecule has 0 spiro atoms. The highest BCUT2D eigenvalue weighted by atomic mass is 32.2. The van der Waals surface area contributed by atoms with Crippen LogP contribution in [0.2, 0.25) is 0 Å². The second-order valence-corrected chi connectivity index (χ2v) is 8.87. The van der Waals surface area contributed by atoms with E-state index in [1.54, 1.807) is 36.6 Å². The van der Waals surface area contributed by atoms with Gasteiger partial charge in [-0.25, -0.2) is 14.4 Å². The minimum absolute atomic E-state index is 0.0809. The Morgan fingerprint density at radius 1 is 0.938 bits per heavy atom. The molecule has 0 saturated heterocycles. The molecule has 0 radical (unpaired) electrons. The van der Waals surface area contributed by atoms with Crippen molar-refractivity contribution in [3.05, 3.63) is 82.2 Å². The van der Waals surface area contributed by atoms with E-state index < -0.39 is 22.0 Å². The Morgan fingerprint density at radius 3 is 2.03 bits per heavy atom. The molecule has 0 saturated carbocycles. The van der Waals surface area contributed by atoms with E-state index in [-0.39, 0.29) is 16.0 Å². The van der Waals surface area contributed by atoms with E-state index in [0.717, 1.165) is 11.6 Å². The van der Waals surface area contributed by atoms with E-state index >= 15 is 0 Å². The monoisotopic (exact) mass is 455 g/mol. The number of sulfonamides is 1. The molecule has 0 aliphatic heterocycles. The standard InChI is InChI=1S/C22H21N3O6S/c1-13-4-6-20(7-5-13)32(30,31)24-23-12-18-8-14(2)25(15(18)3)19-10-16(21(26)27)9-17(11-19)22(28)29/h4-12,24H,1-3H3,(H,26,27)(H,28,29)/b23-12+. The zero-order valence-electron chi connectivity index (χ0n) is 17.5. The summed E-state index contributed by atoms with van der Waals surface area (Å²) in [5.41, 5.74) is 2.85. The molecule has 3 N–H and O–H groups in total. The fourth-order valence-electron chi connectivity index (χ4n) is 3.24. The molecule has 1 aromatic heterocycles. The molecule has 0 atom stereocenters. The lowest BCUT2D eigenvalue weighted by atomic mass is 10.1. The number of aryl methyl sites for hydroxylation is 2. The highest BCUT2D eigenvalue weighted by Crippen LogP contribution is 2.22. The van der Waals surface area contributed by atoms with E-state index in [1.165, 1.54) is 30.5 Å². The number of carboxylic acids is 2. The second-order valence-electron chi connectivity index (χ2n) is 7.21. The van der Waals surface area contributed by atoms with Crippen molar-refractivity contribution in [3.8, 4) is 5.69 Å². The molecule has 3 aromatic rings. The van der Waals surface area contributed by atoms with Crippen LogP contribution in [0, 0.1) is 20.8 Å². The Morgan fingerprint density at radius 2 is 1.50 bits per heavy atom. The maximum absolute atomic E-state index is 12.4. The average molecular weight is 455 g/mol. The van der Waals surface area contributed by atoms with Crippen molar-refractivity contribution < 1.29 is 28.2 Å². The number of hydrogen-bond acceptors (Lipinski definition) is 5. The smallest absolute Gasteiger partial charge is 0.335 e. The quantitative estimate of drug-likeness (QED) is 0.370. The lowest BCUT2D eigenvalue weighted by Crippen LogP contribution is -2.18. The Hall–Kier alpha value is -3.92. The number of carbonyl (C=O) groups is 2. The van der Waals surface area contributed by atoms with E-state index in [2.05, 4.69) is 9.93 Å². The molecule has 9 nitrogen and oxygen atoms in total. The van der Waals surface area contributed by atoms with Crippen LogP contribution in [0.25, 0.3) is 5.69 Å². The number of hydrazone groups is 1. The number of rotatable bonds is 7. The lowest BCUT2D eigenvalue weighted by molar-refractivity contribution is 0.0696. The van der Waals surface area contributed by atoms with Crippen LogP contribution in [0.5, 0.6) is 0 Å². The summed E-state index contributed by atoms with van der Waals surface area (Å²) in [6, 6.07) is 11.9. The molecular formula is C22H21N3O6S. The van der Waals surface area contributed by atoms with Crippen LogP contribution in [0.3, 0.4) is 0 Å². The number of nitrogens with one attached hydrogen (secondary N) is 1. The van der Waals surface area contributed by atoms with Gasteiger partial charge in [-0.2, -0.15) is 13.5 Å². The van der Waals surface area contributed by atoms with Gasteiger partial charge < -0.3 is 14.8 Å². The van der Waals surface area contributed by atoms with Crippen molar-refractivity contribution >= 4 is 28.2 Å². The van der Waals surface area contributed by atoms with Gasteiger partial charge in [0.05, 0.1) is 22.2 Å². The summed E-state index contributed by atoms with van der Waals surface area (Å²) in [6.45, 7) is 5.34. The molecule has 3 rings (SSSR count). The normalized spacial score (nSPS) is 11.6. The van der Waals surface area contributed by atoms with E-state index in [9.17, 15) is 28.2 Å². The molecule has 10 heteroatoms. The molecule has 0 bridgehead atoms. The van der Waals surface area contributed by atoms with E-state index in [0.29, 0.717) is 22.6 Å². The molecule has 2 aromatic carbocycles. The average Bonchev–Trinajstić information content (AvgIpc) is 3.01. The maximum Gasteiger partial charge on any atom is 0.335 e. The van der Waals surface area contributed by atoms with Gasteiger partial charge >= 0.3 is 11.9 Å². The number of carboxylic acid groups (broad SMARTS) is 2. The van der Waals surface area contributed by atoms with Gasteiger partial charge in [-0.15, -0.1) is 0 Å². The van der Waals surface area contributed by atoms with Crippen molar-refractivity contribution in [1.82, 2.24) is 9.40 Å². The first-order valence-electron chi connectivity index (χ1n) is 9.42. The largest absolute Gasteiger partial charge is 0.478 e. The summed E-state index contributed by atoms with van der Waals surface area (Å²) in [5, 5.41) is 22.5. The van der Waals surface area contributed by atoms with Crippen molar-refractivity contribution in [3.63, 3.8) is 0 Å². The summed E-state index contributed by atoms with van der Waals surface area (Å²) in [5.74, 6) is -2.49. The van der Waals surface area contributed by atoms with Gasteiger partial charge in [0, 0.05) is 22.6 Å². The van der Waals surface area contributed by atoms with E-state index in [1.807, 2.05) is 6.92 Å². The summed E-state index contributed by atoms with van der Waals surface area (Å²) >= 11 is 0. The fourth-order valence-corrected chi connectivity index (χ4v) is 4.03. The first kappa shape index (κ1) is 22.8. The fraction of sp³-hybridized carbons (Fsp3) is 0.136. The molecule has 0 aliphatic rings. The lowest BCUT2D eigenvalue weighted by Gasteiger charge is -2.12. The number of hydrogen-bond donors (Lipinski definition) is 3. The van der Waals surface area contributed by atoms with Gasteiger partial charge in [0.15, 0.2) is 0 Å². The van der Waals surface area contributed by atoms with Crippen LogP contribution >= 0.6 is 0 Å². The zero-order chi connectivity index (χ0) is 23.6. The topological polar surface area (TPSA) is 138 Å². The van der Waals surface area contributed by atoms with Crippen LogP contribution in [0.4, 0.5) is 0 Å². The van der Waals surface area contributed by atoms with Gasteiger partial charge in [0.2, 0.25) is 0 Å². The minimum Gasteiger partial charge on any atom is -0.478 e. The van der Waals surface area contributed by atoms with Crippen LogP contribution in [0.15, 0.2) is 58.5 Å². The molecule has 32 heavy (non-hydrogen) atoms. The third kappa shape index (κ3) is 4.70. The Kier molecular flexibility index (Phi) is 6.17. The molecule has 1 heterocycles. The molecule has 0 fully saturated rings. The third-order valence-corrected chi connectivity index (χ3v) is 6.09. The predicted molar refractivity (Wildman–Crippen MR) is 118 cm³/mol. The molecular weight excluding hydrogens is 434 g/mol. The summed E-state index contributed by atoms with van der Waals surface area (Å²) in [7, 11) is -3.83. The van der Waals surface area contributed by atoms with Gasteiger partial charge in [-0.05, 0) is 57.2 Å². The van der Waals surface area contributed by atoms with Gasteiger partial charge in [-0.3, -0.25) is 0 Å². The summed E-state index contributed by atoms with van der Waals surface area (Å²) in [6.07, 6.45) is 1.34. The van der Waals surface area contributed by atoms with Crippen molar-refractivity contribution in [1.29, 1.82) is 0 Å². The van der Waals surface area contributed by atoms with Gasteiger partial charge in [0.25, 0.3) is 10.0 Å². The van der Waals surface area contributed by atoms with Gasteiger partial charge in [0.1, 0.15) is 0 Å². The Labute approximate surface area is 184 Å². The maximum atomic E-state index is 12.4. The SMILES string of the molecule is Cc1ccc(S(=O)(=O)N/N=C/c2cc(C)n(-c3cc(C(=O)O)cc(C(=O)O)c3)c2C)cc1. The highest BCUT2D eigenvalue weighted by molar-refractivity contribution is 7.89. The Bertz CT molecular complexity index is 1310. The van der Waals surface area contributed by atoms with Crippen LogP contribution in [0.1, 0.15) is 43.2 Å². The van der Waals surface area contributed by atoms with Crippen LogP contribution < -0.4 is 4.83 Å². The Balaban J connectivity index is 1.94.